The summed E-state index contributed by atoms with van der Waals surface area (Å²) in [6.07, 6.45) is 1.73. The van der Waals surface area contributed by atoms with Crippen LogP contribution in [0, 0.1) is 17.6 Å². The van der Waals surface area contributed by atoms with Gasteiger partial charge in [-0.3, -0.25) is 4.79 Å². The smallest absolute Gasteiger partial charge is 0.226 e. The van der Waals surface area contributed by atoms with Crippen LogP contribution in [0.1, 0.15) is 12.8 Å². The van der Waals surface area contributed by atoms with Crippen LogP contribution in [0.15, 0.2) is 12.1 Å². The molecule has 0 radical (unpaired) electrons. The minimum Gasteiger partial charge on any atom is -0.349 e. The number of amides is 1. The van der Waals surface area contributed by atoms with E-state index in [0.717, 1.165) is 25.5 Å². The van der Waals surface area contributed by atoms with Crippen molar-refractivity contribution in [2.24, 2.45) is 5.92 Å². The molecule has 1 fully saturated rings. The molecule has 4 nitrogen and oxygen atoms in total. The fourth-order valence-electron chi connectivity index (χ4n) is 2.80. The lowest BCUT2D eigenvalue weighted by Gasteiger charge is -2.32. The largest absolute Gasteiger partial charge is 0.349 e. The minimum absolute atomic E-state index is 0.0719. The van der Waals surface area contributed by atoms with Gasteiger partial charge in [-0.15, -0.1) is 0 Å². The Morgan fingerprint density at radius 1 is 1.41 bits per heavy atom. The van der Waals surface area contributed by atoms with Crippen molar-refractivity contribution in [3.63, 3.8) is 0 Å². The van der Waals surface area contributed by atoms with E-state index in [1.807, 2.05) is 4.90 Å². The molecule has 1 saturated heterocycles. The highest BCUT2D eigenvalue weighted by Crippen LogP contribution is 2.33. The van der Waals surface area contributed by atoms with Crippen molar-refractivity contribution in [3.05, 3.63) is 23.8 Å². The molecule has 1 aliphatic rings. The van der Waals surface area contributed by atoms with Crippen molar-refractivity contribution >= 4 is 32.6 Å². The molecule has 1 aromatic carbocycles. The standard InChI is InChI=1S/C15H17F2N3OS/c1-19(2)14(21)9-4-3-5-20(8-9)15-18-13-11(17)6-10(16)7-12(13)22-15/h6-7,9H,3-5,8H2,1-2H3. The van der Waals surface area contributed by atoms with Gasteiger partial charge >= 0.3 is 0 Å². The third-order valence-electron chi connectivity index (χ3n) is 3.88. The first-order chi connectivity index (χ1) is 10.5. The summed E-state index contributed by atoms with van der Waals surface area (Å²) in [6, 6.07) is 2.15. The number of piperidine rings is 1. The Kier molecular flexibility index (Phi) is 3.99. The van der Waals surface area contributed by atoms with Crippen LogP contribution in [-0.2, 0) is 4.79 Å². The first-order valence-corrected chi connectivity index (χ1v) is 7.99. The van der Waals surface area contributed by atoms with E-state index in [4.69, 9.17) is 0 Å². The van der Waals surface area contributed by atoms with E-state index < -0.39 is 11.6 Å². The highest BCUT2D eigenvalue weighted by Gasteiger charge is 2.28. The van der Waals surface area contributed by atoms with Crippen molar-refractivity contribution < 1.29 is 13.6 Å². The number of carbonyl (C=O) groups excluding carboxylic acids is 1. The van der Waals surface area contributed by atoms with Crippen LogP contribution < -0.4 is 4.90 Å². The Bertz CT molecular complexity index is 716. The first kappa shape index (κ1) is 15.1. The number of rotatable bonds is 2. The van der Waals surface area contributed by atoms with Crippen molar-refractivity contribution in [1.82, 2.24) is 9.88 Å². The van der Waals surface area contributed by atoms with Gasteiger partial charge in [0.25, 0.3) is 0 Å². The first-order valence-electron chi connectivity index (χ1n) is 7.17. The number of anilines is 1. The summed E-state index contributed by atoms with van der Waals surface area (Å²) in [5, 5.41) is 0.649. The average Bonchev–Trinajstić information content (AvgIpc) is 2.90. The molecular formula is C15H17F2N3OS. The van der Waals surface area contributed by atoms with E-state index in [1.165, 1.54) is 17.4 Å². The van der Waals surface area contributed by atoms with Gasteiger partial charge in [0.2, 0.25) is 5.91 Å². The number of fused-ring (bicyclic) bond motifs is 1. The molecule has 2 heterocycles. The van der Waals surface area contributed by atoms with Gasteiger partial charge in [-0.25, -0.2) is 13.8 Å². The molecule has 1 aliphatic heterocycles. The van der Waals surface area contributed by atoms with Crippen molar-refractivity contribution in [2.75, 3.05) is 32.1 Å². The van der Waals surface area contributed by atoms with Crippen molar-refractivity contribution in [2.45, 2.75) is 12.8 Å². The van der Waals surface area contributed by atoms with E-state index in [-0.39, 0.29) is 17.3 Å². The lowest BCUT2D eigenvalue weighted by molar-refractivity contribution is -0.133. The summed E-state index contributed by atoms with van der Waals surface area (Å²) in [5.74, 6) is -1.21. The molecule has 0 bridgehead atoms. The third-order valence-corrected chi connectivity index (χ3v) is 4.95. The maximum Gasteiger partial charge on any atom is 0.226 e. The maximum atomic E-state index is 13.8. The zero-order valence-electron chi connectivity index (χ0n) is 12.5. The van der Waals surface area contributed by atoms with Crippen LogP contribution in [0.2, 0.25) is 0 Å². The van der Waals surface area contributed by atoms with E-state index in [2.05, 4.69) is 4.98 Å². The highest BCUT2D eigenvalue weighted by atomic mass is 32.1. The molecule has 0 aliphatic carbocycles. The number of hydrogen-bond donors (Lipinski definition) is 0. The molecule has 1 amide bonds. The van der Waals surface area contributed by atoms with E-state index >= 15 is 0 Å². The number of carbonyl (C=O) groups is 1. The lowest BCUT2D eigenvalue weighted by Crippen LogP contribution is -2.42. The second-order valence-corrected chi connectivity index (χ2v) is 6.76. The Hall–Kier alpha value is -1.76. The topological polar surface area (TPSA) is 36.4 Å². The summed E-state index contributed by atoms with van der Waals surface area (Å²) in [7, 11) is 3.49. The average molecular weight is 325 g/mol. The van der Waals surface area contributed by atoms with Gasteiger partial charge in [0, 0.05) is 33.3 Å². The minimum atomic E-state index is -0.643. The van der Waals surface area contributed by atoms with Gasteiger partial charge in [-0.2, -0.15) is 0 Å². The molecular weight excluding hydrogens is 308 g/mol. The second-order valence-electron chi connectivity index (χ2n) is 5.75. The Balaban J connectivity index is 1.87. The van der Waals surface area contributed by atoms with Crippen LogP contribution in [0.4, 0.5) is 13.9 Å². The van der Waals surface area contributed by atoms with Gasteiger partial charge in [-0.1, -0.05) is 11.3 Å². The number of halogens is 2. The fourth-order valence-corrected chi connectivity index (χ4v) is 3.84. The molecule has 22 heavy (non-hydrogen) atoms. The molecule has 7 heteroatoms. The third kappa shape index (κ3) is 2.77. The van der Waals surface area contributed by atoms with Crippen LogP contribution in [0.3, 0.4) is 0 Å². The number of aromatic nitrogens is 1. The SMILES string of the molecule is CN(C)C(=O)C1CCCN(c2nc3c(F)cc(F)cc3s2)C1. The zero-order chi connectivity index (χ0) is 15.9. The molecule has 0 saturated carbocycles. The lowest BCUT2D eigenvalue weighted by atomic mass is 9.97. The van der Waals surface area contributed by atoms with Gasteiger partial charge < -0.3 is 9.80 Å². The molecule has 1 unspecified atom stereocenters. The summed E-state index contributed by atoms with van der Waals surface area (Å²) in [6.45, 7) is 1.35. The second kappa shape index (κ2) is 5.79. The Morgan fingerprint density at radius 2 is 2.18 bits per heavy atom. The number of hydrogen-bond acceptors (Lipinski definition) is 4. The van der Waals surface area contributed by atoms with Crippen LogP contribution in [-0.4, -0.2) is 43.0 Å². The van der Waals surface area contributed by atoms with E-state index in [0.29, 0.717) is 16.4 Å². The van der Waals surface area contributed by atoms with Crippen molar-refractivity contribution in [3.8, 4) is 0 Å². The van der Waals surface area contributed by atoms with Gasteiger partial charge in [0.1, 0.15) is 11.3 Å². The van der Waals surface area contributed by atoms with E-state index in [1.54, 1.807) is 19.0 Å². The predicted molar refractivity (Wildman–Crippen MR) is 83.2 cm³/mol. The van der Waals surface area contributed by atoms with Gasteiger partial charge in [0.15, 0.2) is 10.9 Å². The fraction of sp³-hybridized carbons (Fsp3) is 0.467. The van der Waals surface area contributed by atoms with Crippen LogP contribution in [0.25, 0.3) is 10.2 Å². The van der Waals surface area contributed by atoms with Crippen molar-refractivity contribution in [1.29, 1.82) is 0 Å². The summed E-state index contributed by atoms with van der Waals surface area (Å²) in [5.41, 5.74) is 0.197. The number of benzene rings is 1. The maximum absolute atomic E-state index is 13.8. The van der Waals surface area contributed by atoms with E-state index in [9.17, 15) is 13.6 Å². The Labute approximate surface area is 131 Å². The highest BCUT2D eigenvalue weighted by molar-refractivity contribution is 7.22. The monoisotopic (exact) mass is 325 g/mol. The van der Waals surface area contributed by atoms with Gasteiger partial charge in [0.05, 0.1) is 10.6 Å². The molecule has 0 spiro atoms. The molecule has 1 atom stereocenters. The quantitative estimate of drug-likeness (QED) is 0.852. The molecule has 2 aromatic rings. The summed E-state index contributed by atoms with van der Waals surface area (Å²) < 4.78 is 27.5. The number of nitrogens with zero attached hydrogens (tertiary/aromatic N) is 3. The van der Waals surface area contributed by atoms with Crippen LogP contribution >= 0.6 is 11.3 Å². The zero-order valence-corrected chi connectivity index (χ0v) is 13.3. The van der Waals surface area contributed by atoms with Gasteiger partial charge in [-0.05, 0) is 18.9 Å². The number of thiazole rings is 1. The molecule has 0 N–H and O–H groups in total. The molecule has 3 rings (SSSR count). The summed E-state index contributed by atoms with van der Waals surface area (Å²) >= 11 is 1.26. The molecule has 118 valence electrons. The Morgan fingerprint density at radius 3 is 2.91 bits per heavy atom. The predicted octanol–water partition coefficient (Wildman–Crippen LogP) is 2.88. The van der Waals surface area contributed by atoms with Crippen LogP contribution in [0.5, 0.6) is 0 Å². The normalized spacial score (nSPS) is 18.7. The molecule has 1 aromatic heterocycles. The summed E-state index contributed by atoms with van der Waals surface area (Å²) in [4.78, 5) is 20.0.